The average Bonchev–Trinajstić information content (AvgIpc) is 2.87. The molecular weight excluding hydrogens is 314 g/mol. The van der Waals surface area contributed by atoms with Crippen LogP contribution in [0.1, 0.15) is 31.9 Å². The second-order valence-electron chi connectivity index (χ2n) is 7.84. The fourth-order valence-corrected chi connectivity index (χ4v) is 4.64. The standard InChI is InChI=1S/C21H21NOS/c1-12-11-22-20(23)19-18(12)16-8-15-7-13(10-21(2,3)4)5-6-14(15)9-17(16)24-19/h5-9,11H,10H2,1-4H3,(H,22,23). The summed E-state index contributed by atoms with van der Waals surface area (Å²) in [7, 11) is 0. The Bertz CT molecular complexity index is 1090. The van der Waals surface area contributed by atoms with Crippen LogP contribution in [0.5, 0.6) is 5.88 Å². The van der Waals surface area contributed by atoms with Gasteiger partial charge < -0.3 is 5.11 Å². The molecule has 4 rings (SSSR count). The van der Waals surface area contributed by atoms with Gasteiger partial charge in [0.05, 0.1) is 4.70 Å². The second kappa shape index (κ2) is 5.18. The summed E-state index contributed by atoms with van der Waals surface area (Å²) in [5, 5.41) is 15.0. The molecule has 0 saturated carbocycles. The van der Waals surface area contributed by atoms with Crippen LogP contribution in [0.15, 0.2) is 36.5 Å². The van der Waals surface area contributed by atoms with Crippen molar-refractivity contribution in [2.24, 2.45) is 5.41 Å². The lowest BCUT2D eigenvalue weighted by atomic mass is 9.87. The maximum Gasteiger partial charge on any atom is 0.229 e. The molecule has 2 nitrogen and oxygen atoms in total. The maximum absolute atomic E-state index is 10.1. The minimum atomic E-state index is 0.134. The summed E-state index contributed by atoms with van der Waals surface area (Å²) in [5.74, 6) is 0.134. The Hall–Kier alpha value is -2.13. The van der Waals surface area contributed by atoms with Gasteiger partial charge in [-0.25, -0.2) is 4.98 Å². The van der Waals surface area contributed by atoms with Crippen molar-refractivity contribution in [3.8, 4) is 5.88 Å². The number of hydrogen-bond donors (Lipinski definition) is 1. The molecule has 2 aromatic carbocycles. The summed E-state index contributed by atoms with van der Waals surface area (Å²) >= 11 is 1.62. The molecule has 4 aromatic rings. The van der Waals surface area contributed by atoms with Crippen molar-refractivity contribution in [3.05, 3.63) is 47.7 Å². The molecule has 2 heterocycles. The zero-order valence-electron chi connectivity index (χ0n) is 14.5. The third kappa shape index (κ3) is 2.53. The Morgan fingerprint density at radius 1 is 1.08 bits per heavy atom. The van der Waals surface area contributed by atoms with Crippen molar-refractivity contribution < 1.29 is 5.11 Å². The molecule has 24 heavy (non-hydrogen) atoms. The summed E-state index contributed by atoms with van der Waals surface area (Å²) in [5.41, 5.74) is 2.76. The van der Waals surface area contributed by atoms with Crippen LogP contribution in [-0.4, -0.2) is 10.1 Å². The van der Waals surface area contributed by atoms with Gasteiger partial charge in [-0.15, -0.1) is 11.3 Å². The molecule has 0 aliphatic rings. The van der Waals surface area contributed by atoms with E-state index in [0.717, 1.165) is 22.1 Å². The van der Waals surface area contributed by atoms with Crippen LogP contribution < -0.4 is 0 Å². The van der Waals surface area contributed by atoms with Crippen molar-refractivity contribution in [2.45, 2.75) is 34.1 Å². The van der Waals surface area contributed by atoms with E-state index in [1.807, 2.05) is 0 Å². The molecule has 0 saturated heterocycles. The molecule has 2 aromatic heterocycles. The van der Waals surface area contributed by atoms with E-state index in [-0.39, 0.29) is 11.3 Å². The molecule has 3 heteroatoms. The smallest absolute Gasteiger partial charge is 0.229 e. The second-order valence-corrected chi connectivity index (χ2v) is 8.89. The average molecular weight is 335 g/mol. The van der Waals surface area contributed by atoms with E-state index in [9.17, 15) is 5.11 Å². The van der Waals surface area contributed by atoms with Crippen LogP contribution in [0.4, 0.5) is 0 Å². The molecular formula is C21H21NOS. The van der Waals surface area contributed by atoms with Crippen LogP contribution in [0.3, 0.4) is 0 Å². The maximum atomic E-state index is 10.1. The molecule has 0 bridgehead atoms. The van der Waals surface area contributed by atoms with Crippen LogP contribution >= 0.6 is 11.3 Å². The number of fused-ring (bicyclic) bond motifs is 4. The fourth-order valence-electron chi connectivity index (χ4n) is 3.44. The predicted molar refractivity (Wildman–Crippen MR) is 104 cm³/mol. The third-order valence-electron chi connectivity index (χ3n) is 4.42. The first-order valence-electron chi connectivity index (χ1n) is 8.25. The highest BCUT2D eigenvalue weighted by atomic mass is 32.1. The van der Waals surface area contributed by atoms with Crippen molar-refractivity contribution in [1.82, 2.24) is 4.98 Å². The van der Waals surface area contributed by atoms with E-state index in [4.69, 9.17) is 0 Å². The normalized spacial score (nSPS) is 12.5. The molecule has 122 valence electrons. The van der Waals surface area contributed by atoms with E-state index < -0.39 is 0 Å². The molecule has 1 N–H and O–H groups in total. The topological polar surface area (TPSA) is 33.1 Å². The number of aromatic nitrogens is 1. The fraction of sp³-hybridized carbons (Fsp3) is 0.286. The molecule has 0 fully saturated rings. The van der Waals surface area contributed by atoms with Gasteiger partial charge in [-0.2, -0.15) is 0 Å². The van der Waals surface area contributed by atoms with Crippen LogP contribution in [0, 0.1) is 12.3 Å². The molecule has 0 amide bonds. The quantitative estimate of drug-likeness (QED) is 0.449. The van der Waals surface area contributed by atoms with Gasteiger partial charge in [0.2, 0.25) is 5.88 Å². The Labute approximate surface area is 145 Å². The SMILES string of the molecule is Cc1cnc(O)c2sc3cc4ccc(CC(C)(C)C)cc4cc3c12. The molecule has 0 atom stereocenters. The number of thiophene rings is 1. The lowest BCUT2D eigenvalue weighted by Gasteiger charge is -2.18. The van der Waals surface area contributed by atoms with Gasteiger partial charge in [0.1, 0.15) is 0 Å². The lowest BCUT2D eigenvalue weighted by Crippen LogP contribution is -2.08. The van der Waals surface area contributed by atoms with Gasteiger partial charge in [0, 0.05) is 21.7 Å². The van der Waals surface area contributed by atoms with E-state index in [2.05, 4.69) is 63.0 Å². The van der Waals surface area contributed by atoms with Gasteiger partial charge >= 0.3 is 0 Å². The molecule has 0 radical (unpaired) electrons. The van der Waals surface area contributed by atoms with Crippen molar-refractivity contribution >= 4 is 42.3 Å². The predicted octanol–water partition coefficient (Wildman–Crippen LogP) is 6.21. The number of pyridine rings is 1. The van der Waals surface area contributed by atoms with Gasteiger partial charge in [0.15, 0.2) is 0 Å². The highest BCUT2D eigenvalue weighted by Crippen LogP contribution is 2.41. The van der Waals surface area contributed by atoms with E-state index in [1.165, 1.54) is 26.4 Å². The summed E-state index contributed by atoms with van der Waals surface area (Å²) in [6.07, 6.45) is 2.82. The van der Waals surface area contributed by atoms with Crippen molar-refractivity contribution in [1.29, 1.82) is 0 Å². The first kappa shape index (κ1) is 15.4. The first-order chi connectivity index (χ1) is 11.3. The van der Waals surface area contributed by atoms with Gasteiger partial charge in [-0.1, -0.05) is 39.0 Å². The number of benzene rings is 2. The number of hydrogen-bond acceptors (Lipinski definition) is 3. The first-order valence-corrected chi connectivity index (χ1v) is 9.07. The minimum Gasteiger partial charge on any atom is -0.492 e. The zero-order valence-corrected chi connectivity index (χ0v) is 15.3. The van der Waals surface area contributed by atoms with Gasteiger partial charge in [0.25, 0.3) is 0 Å². The minimum absolute atomic E-state index is 0.134. The number of rotatable bonds is 1. The zero-order chi connectivity index (χ0) is 17.1. The van der Waals surface area contributed by atoms with Gasteiger partial charge in [-0.3, -0.25) is 0 Å². The van der Waals surface area contributed by atoms with E-state index in [1.54, 1.807) is 17.5 Å². The summed E-state index contributed by atoms with van der Waals surface area (Å²) in [6, 6.07) is 11.2. The largest absolute Gasteiger partial charge is 0.492 e. The Morgan fingerprint density at radius 3 is 2.62 bits per heavy atom. The third-order valence-corrected chi connectivity index (χ3v) is 5.57. The highest BCUT2D eigenvalue weighted by molar-refractivity contribution is 7.26. The summed E-state index contributed by atoms with van der Waals surface area (Å²) in [6.45, 7) is 8.87. The van der Waals surface area contributed by atoms with E-state index in [0.29, 0.717) is 0 Å². The van der Waals surface area contributed by atoms with Crippen molar-refractivity contribution in [3.63, 3.8) is 0 Å². The van der Waals surface area contributed by atoms with Crippen LogP contribution in [0.2, 0.25) is 0 Å². The van der Waals surface area contributed by atoms with E-state index >= 15 is 0 Å². The Morgan fingerprint density at radius 2 is 1.88 bits per heavy atom. The monoisotopic (exact) mass is 335 g/mol. The molecule has 0 aliphatic carbocycles. The summed E-state index contributed by atoms with van der Waals surface area (Å²) < 4.78 is 2.09. The van der Waals surface area contributed by atoms with Gasteiger partial charge in [-0.05, 0) is 52.8 Å². The Kier molecular flexibility index (Phi) is 3.33. The van der Waals surface area contributed by atoms with Crippen LogP contribution in [0.25, 0.3) is 30.9 Å². The molecule has 0 aliphatic heterocycles. The number of aromatic hydroxyl groups is 1. The Balaban J connectivity index is 2.00. The molecule has 0 unspecified atom stereocenters. The van der Waals surface area contributed by atoms with Crippen LogP contribution in [-0.2, 0) is 6.42 Å². The summed E-state index contributed by atoms with van der Waals surface area (Å²) in [4.78, 5) is 4.09. The number of nitrogens with zero attached hydrogens (tertiary/aromatic N) is 1. The lowest BCUT2D eigenvalue weighted by molar-refractivity contribution is 0.411. The highest BCUT2D eigenvalue weighted by Gasteiger charge is 2.14. The number of aryl methyl sites for hydroxylation is 1. The van der Waals surface area contributed by atoms with Crippen molar-refractivity contribution in [2.75, 3.05) is 0 Å². The molecule has 0 spiro atoms.